The van der Waals surface area contributed by atoms with Crippen molar-refractivity contribution < 1.29 is 24.5 Å². The molecule has 0 bridgehead atoms. The topological polar surface area (TPSA) is 95.9 Å². The SMILES string of the molecule is CCCCCCCCCCCCC/C=C/C(O)C(CO)NC(=O)CC/C=C\C/C=C\CCCCCCCCOC(=O)CCCCCCCCCCCCCCCCCCC. The van der Waals surface area contributed by atoms with Gasteiger partial charge in [0.15, 0.2) is 0 Å². The summed E-state index contributed by atoms with van der Waals surface area (Å²) in [6.07, 6.45) is 60.2. The van der Waals surface area contributed by atoms with E-state index in [4.69, 9.17) is 4.74 Å². The van der Waals surface area contributed by atoms with Gasteiger partial charge in [-0.2, -0.15) is 0 Å². The highest BCUT2D eigenvalue weighted by atomic mass is 16.5. The van der Waals surface area contributed by atoms with Crippen molar-refractivity contribution in [3.63, 3.8) is 0 Å². The molecular weight excluding hydrogens is 743 g/mol. The number of hydrogen-bond donors (Lipinski definition) is 3. The molecule has 0 aliphatic carbocycles. The third-order valence-corrected chi connectivity index (χ3v) is 11.9. The number of carbonyl (C=O) groups excluding carboxylic acids is 2. The van der Waals surface area contributed by atoms with Crippen molar-refractivity contribution in [3.8, 4) is 0 Å². The van der Waals surface area contributed by atoms with E-state index in [0.29, 0.717) is 25.9 Å². The summed E-state index contributed by atoms with van der Waals surface area (Å²) in [5.41, 5.74) is 0. The van der Waals surface area contributed by atoms with Crippen molar-refractivity contribution in [2.45, 2.75) is 283 Å². The van der Waals surface area contributed by atoms with E-state index in [2.05, 4.69) is 37.4 Å². The van der Waals surface area contributed by atoms with Crippen LogP contribution in [0.1, 0.15) is 271 Å². The Morgan fingerprint density at radius 3 is 1.30 bits per heavy atom. The average molecular weight is 844 g/mol. The molecule has 2 atom stereocenters. The Hall–Kier alpha value is -1.92. The summed E-state index contributed by atoms with van der Waals surface area (Å²) >= 11 is 0. The zero-order valence-corrected chi connectivity index (χ0v) is 39.9. The number of nitrogens with one attached hydrogen (secondary N) is 1. The highest BCUT2D eigenvalue weighted by Crippen LogP contribution is 2.16. The number of rotatable bonds is 48. The zero-order chi connectivity index (χ0) is 43.7. The predicted molar refractivity (Wildman–Crippen MR) is 259 cm³/mol. The van der Waals surface area contributed by atoms with Gasteiger partial charge < -0.3 is 20.3 Å². The van der Waals surface area contributed by atoms with Gasteiger partial charge in [0.1, 0.15) is 0 Å². The maximum absolute atomic E-state index is 12.4. The molecular formula is C54H101NO5. The summed E-state index contributed by atoms with van der Waals surface area (Å²) in [5.74, 6) is -0.164. The molecule has 352 valence electrons. The molecule has 2 unspecified atom stereocenters. The second-order valence-corrected chi connectivity index (χ2v) is 17.9. The van der Waals surface area contributed by atoms with Crippen LogP contribution in [0.25, 0.3) is 0 Å². The lowest BCUT2D eigenvalue weighted by Crippen LogP contribution is -2.45. The van der Waals surface area contributed by atoms with E-state index in [1.807, 2.05) is 12.2 Å². The van der Waals surface area contributed by atoms with Crippen LogP contribution < -0.4 is 5.32 Å². The summed E-state index contributed by atoms with van der Waals surface area (Å²) in [5, 5.41) is 22.9. The first kappa shape index (κ1) is 58.1. The lowest BCUT2D eigenvalue weighted by Gasteiger charge is -2.19. The highest BCUT2D eigenvalue weighted by molar-refractivity contribution is 5.76. The van der Waals surface area contributed by atoms with Crippen LogP contribution in [0.3, 0.4) is 0 Å². The highest BCUT2D eigenvalue weighted by Gasteiger charge is 2.17. The molecule has 3 N–H and O–H groups in total. The van der Waals surface area contributed by atoms with E-state index < -0.39 is 12.1 Å². The summed E-state index contributed by atoms with van der Waals surface area (Å²) in [4.78, 5) is 24.4. The Bertz CT molecular complexity index is 977. The second-order valence-electron chi connectivity index (χ2n) is 17.9. The molecule has 6 nitrogen and oxygen atoms in total. The number of allylic oxidation sites excluding steroid dienone is 5. The van der Waals surface area contributed by atoms with Gasteiger partial charge in [-0.25, -0.2) is 0 Å². The number of ether oxygens (including phenoxy) is 1. The number of aliphatic hydroxyl groups excluding tert-OH is 2. The fourth-order valence-corrected chi connectivity index (χ4v) is 7.86. The van der Waals surface area contributed by atoms with Gasteiger partial charge in [0.05, 0.1) is 25.4 Å². The van der Waals surface area contributed by atoms with Crippen molar-refractivity contribution in [3.05, 3.63) is 36.5 Å². The lowest BCUT2D eigenvalue weighted by molar-refractivity contribution is -0.143. The molecule has 0 spiro atoms. The van der Waals surface area contributed by atoms with Crippen LogP contribution in [-0.2, 0) is 14.3 Å². The number of carbonyl (C=O) groups is 2. The van der Waals surface area contributed by atoms with Crippen LogP contribution in [0.5, 0.6) is 0 Å². The van der Waals surface area contributed by atoms with Gasteiger partial charge in [-0.05, 0) is 51.4 Å². The molecule has 0 aromatic rings. The van der Waals surface area contributed by atoms with Gasteiger partial charge in [-0.1, -0.05) is 243 Å². The molecule has 6 heteroatoms. The Balaban J connectivity index is 3.55. The van der Waals surface area contributed by atoms with E-state index in [-0.39, 0.29) is 18.5 Å². The van der Waals surface area contributed by atoms with Crippen molar-refractivity contribution >= 4 is 11.9 Å². The van der Waals surface area contributed by atoms with E-state index in [0.717, 1.165) is 51.4 Å². The van der Waals surface area contributed by atoms with Crippen molar-refractivity contribution in [2.24, 2.45) is 0 Å². The minimum absolute atomic E-state index is 0.0152. The van der Waals surface area contributed by atoms with Gasteiger partial charge in [-0.15, -0.1) is 0 Å². The van der Waals surface area contributed by atoms with Crippen LogP contribution in [0, 0.1) is 0 Å². The normalized spacial score (nSPS) is 12.9. The first-order valence-electron chi connectivity index (χ1n) is 26.3. The first-order valence-corrected chi connectivity index (χ1v) is 26.3. The zero-order valence-electron chi connectivity index (χ0n) is 39.9. The second kappa shape index (κ2) is 49.7. The largest absolute Gasteiger partial charge is 0.466 e. The maximum Gasteiger partial charge on any atom is 0.305 e. The van der Waals surface area contributed by atoms with Crippen LogP contribution in [0.15, 0.2) is 36.5 Å². The Labute approximate surface area is 373 Å². The number of aliphatic hydroxyl groups is 2. The molecule has 0 aromatic heterocycles. The van der Waals surface area contributed by atoms with E-state index >= 15 is 0 Å². The van der Waals surface area contributed by atoms with Crippen LogP contribution in [0.2, 0.25) is 0 Å². The van der Waals surface area contributed by atoms with Crippen molar-refractivity contribution in [1.29, 1.82) is 0 Å². The molecule has 0 saturated carbocycles. The van der Waals surface area contributed by atoms with E-state index in [9.17, 15) is 19.8 Å². The van der Waals surface area contributed by atoms with Crippen molar-refractivity contribution in [1.82, 2.24) is 5.32 Å². The molecule has 0 aliphatic heterocycles. The van der Waals surface area contributed by atoms with Gasteiger partial charge >= 0.3 is 5.97 Å². The minimum atomic E-state index is -0.878. The molecule has 0 aliphatic rings. The molecule has 0 saturated heterocycles. The third kappa shape index (κ3) is 45.6. The van der Waals surface area contributed by atoms with E-state index in [1.165, 1.54) is 186 Å². The monoisotopic (exact) mass is 844 g/mol. The van der Waals surface area contributed by atoms with Gasteiger partial charge in [0.25, 0.3) is 0 Å². The smallest absolute Gasteiger partial charge is 0.305 e. The lowest BCUT2D eigenvalue weighted by atomic mass is 10.0. The number of unbranched alkanes of at least 4 members (excludes halogenated alkanes) is 33. The van der Waals surface area contributed by atoms with Crippen LogP contribution in [0.4, 0.5) is 0 Å². The number of hydrogen-bond acceptors (Lipinski definition) is 5. The Kier molecular flexibility index (Phi) is 48.1. The quantitative estimate of drug-likeness (QED) is 0.0322. The summed E-state index contributed by atoms with van der Waals surface area (Å²) < 4.78 is 5.46. The molecule has 0 rings (SSSR count). The molecule has 0 radical (unpaired) electrons. The molecule has 0 fully saturated rings. The Morgan fingerprint density at radius 2 is 0.850 bits per heavy atom. The molecule has 0 aromatic carbocycles. The van der Waals surface area contributed by atoms with Gasteiger partial charge in [0.2, 0.25) is 5.91 Å². The summed E-state index contributed by atoms with van der Waals surface area (Å²) in [6, 6.07) is -0.671. The number of amides is 1. The number of esters is 1. The van der Waals surface area contributed by atoms with E-state index in [1.54, 1.807) is 6.08 Å². The maximum atomic E-state index is 12.4. The summed E-state index contributed by atoms with van der Waals surface area (Å²) in [6.45, 7) is 4.83. The minimum Gasteiger partial charge on any atom is -0.466 e. The molecule has 60 heavy (non-hydrogen) atoms. The van der Waals surface area contributed by atoms with Crippen LogP contribution >= 0.6 is 0 Å². The average Bonchev–Trinajstić information content (AvgIpc) is 3.25. The fraction of sp³-hybridized carbons (Fsp3) is 0.852. The van der Waals surface area contributed by atoms with Gasteiger partial charge in [0, 0.05) is 12.8 Å². The fourth-order valence-electron chi connectivity index (χ4n) is 7.86. The molecule has 1 amide bonds. The van der Waals surface area contributed by atoms with Crippen LogP contribution in [-0.4, -0.2) is 47.4 Å². The standard InChI is InChI=1S/C54H101NO5/c1-3-5-7-9-11-13-15-17-18-19-20-24-28-32-36-40-44-48-54(59)60-49-45-41-37-33-29-25-21-23-27-31-35-39-43-47-53(58)55-51(50-56)52(57)46-42-38-34-30-26-22-16-14-12-10-8-6-4-2/h23,27,35,39,42,46,51-52,56-57H,3-22,24-26,28-34,36-38,40-41,43-45,47-50H2,1-2H3,(H,55,58)/b27-23-,39-35-,46-42+. The van der Waals surface area contributed by atoms with Gasteiger partial charge in [-0.3, -0.25) is 9.59 Å². The molecule has 0 heterocycles. The third-order valence-electron chi connectivity index (χ3n) is 11.9. The predicted octanol–water partition coefficient (Wildman–Crippen LogP) is 15.7. The summed E-state index contributed by atoms with van der Waals surface area (Å²) in [7, 11) is 0. The first-order chi connectivity index (χ1) is 29.5. The Morgan fingerprint density at radius 1 is 0.467 bits per heavy atom. The van der Waals surface area contributed by atoms with Crippen molar-refractivity contribution in [2.75, 3.05) is 13.2 Å².